The third-order valence-electron chi connectivity index (χ3n) is 3.20. The number of aromatic nitrogens is 3. The summed E-state index contributed by atoms with van der Waals surface area (Å²) in [5, 5.41) is 4.13. The maximum Gasteiger partial charge on any atom is 0.240 e. The molecular formula is C11H16N6. The summed E-state index contributed by atoms with van der Waals surface area (Å²) in [5.74, 6) is 0.320. The Bertz CT molecular complexity index is 526. The Morgan fingerprint density at radius 3 is 2.71 bits per heavy atom. The van der Waals surface area contributed by atoms with Gasteiger partial charge in [-0.25, -0.2) is 4.52 Å². The number of piperazine rings is 1. The summed E-state index contributed by atoms with van der Waals surface area (Å²) in [6, 6.07) is 4.03. The lowest BCUT2D eigenvalue weighted by molar-refractivity contribution is 0.312. The number of hydrogen-bond donors (Lipinski definition) is 1. The summed E-state index contributed by atoms with van der Waals surface area (Å²) in [6.45, 7) is 4.29. The zero-order chi connectivity index (χ0) is 11.8. The molecule has 90 valence electrons. The Kier molecular flexibility index (Phi) is 2.36. The zero-order valence-corrected chi connectivity index (χ0v) is 9.87. The van der Waals surface area contributed by atoms with Crippen LogP contribution in [0.3, 0.4) is 0 Å². The Labute approximate surface area is 99.6 Å². The number of pyridine rings is 1. The molecule has 0 unspecified atom stereocenters. The van der Waals surface area contributed by atoms with E-state index in [4.69, 9.17) is 5.73 Å². The molecule has 17 heavy (non-hydrogen) atoms. The first-order chi connectivity index (χ1) is 8.22. The molecule has 1 fully saturated rings. The molecule has 3 heterocycles. The molecule has 1 aliphatic heterocycles. The van der Waals surface area contributed by atoms with E-state index in [1.807, 2.05) is 12.3 Å². The van der Waals surface area contributed by atoms with Gasteiger partial charge in [0.15, 0.2) is 5.65 Å². The molecule has 0 spiro atoms. The van der Waals surface area contributed by atoms with Crippen molar-refractivity contribution >= 4 is 17.3 Å². The minimum atomic E-state index is 0.320. The number of likely N-dealkylation sites (N-methyl/N-ethyl adjacent to an activating group) is 1. The first-order valence-electron chi connectivity index (χ1n) is 5.78. The largest absolute Gasteiger partial charge is 0.368 e. The Hall–Kier alpha value is -1.82. The van der Waals surface area contributed by atoms with Crippen LogP contribution in [0.5, 0.6) is 0 Å². The lowest BCUT2D eigenvalue weighted by Gasteiger charge is -2.33. The lowest BCUT2D eigenvalue weighted by Crippen LogP contribution is -2.44. The van der Waals surface area contributed by atoms with Gasteiger partial charge >= 0.3 is 0 Å². The predicted molar refractivity (Wildman–Crippen MR) is 67.1 cm³/mol. The van der Waals surface area contributed by atoms with Crippen molar-refractivity contribution in [1.82, 2.24) is 19.5 Å². The van der Waals surface area contributed by atoms with Crippen LogP contribution in [0.4, 0.5) is 11.6 Å². The van der Waals surface area contributed by atoms with Crippen LogP contribution in [0.15, 0.2) is 18.3 Å². The van der Waals surface area contributed by atoms with Gasteiger partial charge in [0, 0.05) is 26.2 Å². The Balaban J connectivity index is 1.89. The van der Waals surface area contributed by atoms with Gasteiger partial charge in [0.2, 0.25) is 5.95 Å². The minimum absolute atomic E-state index is 0.320. The van der Waals surface area contributed by atoms with Crippen LogP contribution in [-0.2, 0) is 0 Å². The number of nitrogens with zero attached hydrogens (tertiary/aromatic N) is 5. The number of fused-ring (bicyclic) bond motifs is 1. The second kappa shape index (κ2) is 3.89. The second-order valence-electron chi connectivity index (χ2n) is 4.45. The van der Waals surface area contributed by atoms with E-state index in [1.165, 1.54) is 5.69 Å². The molecule has 0 atom stereocenters. The van der Waals surface area contributed by atoms with Crippen LogP contribution in [0.2, 0.25) is 0 Å². The fraction of sp³-hybridized carbons (Fsp3) is 0.455. The zero-order valence-electron chi connectivity index (χ0n) is 9.87. The van der Waals surface area contributed by atoms with Crippen molar-refractivity contribution in [2.24, 2.45) is 0 Å². The van der Waals surface area contributed by atoms with Crippen LogP contribution in [0.1, 0.15) is 0 Å². The number of nitrogens with two attached hydrogens (primary N) is 1. The molecular weight excluding hydrogens is 216 g/mol. The van der Waals surface area contributed by atoms with Gasteiger partial charge in [-0.15, -0.1) is 5.10 Å². The van der Waals surface area contributed by atoms with E-state index in [-0.39, 0.29) is 0 Å². The van der Waals surface area contributed by atoms with E-state index in [2.05, 4.69) is 33.0 Å². The number of rotatable bonds is 1. The van der Waals surface area contributed by atoms with Gasteiger partial charge in [-0.05, 0) is 19.2 Å². The minimum Gasteiger partial charge on any atom is -0.368 e. The van der Waals surface area contributed by atoms with E-state index in [9.17, 15) is 0 Å². The summed E-state index contributed by atoms with van der Waals surface area (Å²) in [5.41, 5.74) is 7.54. The van der Waals surface area contributed by atoms with Crippen LogP contribution >= 0.6 is 0 Å². The van der Waals surface area contributed by atoms with E-state index in [0.717, 1.165) is 31.8 Å². The molecule has 3 rings (SSSR count). The highest BCUT2D eigenvalue weighted by molar-refractivity contribution is 5.52. The molecule has 0 aliphatic carbocycles. The molecule has 6 heteroatoms. The van der Waals surface area contributed by atoms with Crippen LogP contribution < -0.4 is 10.6 Å². The van der Waals surface area contributed by atoms with Gasteiger partial charge < -0.3 is 15.5 Å². The Morgan fingerprint density at radius 1 is 1.18 bits per heavy atom. The molecule has 6 nitrogen and oxygen atoms in total. The van der Waals surface area contributed by atoms with E-state index in [0.29, 0.717) is 5.95 Å². The highest BCUT2D eigenvalue weighted by Gasteiger charge is 2.14. The van der Waals surface area contributed by atoms with E-state index < -0.39 is 0 Å². The second-order valence-corrected chi connectivity index (χ2v) is 4.45. The van der Waals surface area contributed by atoms with Crippen LogP contribution in [-0.4, -0.2) is 52.7 Å². The van der Waals surface area contributed by atoms with Gasteiger partial charge in [0.05, 0.1) is 11.9 Å². The number of hydrogen-bond acceptors (Lipinski definition) is 5. The van der Waals surface area contributed by atoms with Gasteiger partial charge in [-0.3, -0.25) is 0 Å². The van der Waals surface area contributed by atoms with Crippen molar-refractivity contribution in [3.05, 3.63) is 18.3 Å². The average molecular weight is 232 g/mol. The molecule has 2 aromatic heterocycles. The fourth-order valence-electron chi connectivity index (χ4n) is 2.14. The van der Waals surface area contributed by atoms with Crippen molar-refractivity contribution in [3.8, 4) is 0 Å². The standard InChI is InChI=1S/C11H16N6/c1-15-4-6-16(7-5-15)9-2-3-10-13-11(12)14-17(10)8-9/h2-3,8H,4-7H2,1H3,(H2,12,14). The highest BCUT2D eigenvalue weighted by atomic mass is 15.3. The highest BCUT2D eigenvalue weighted by Crippen LogP contribution is 2.17. The molecule has 0 amide bonds. The van der Waals surface area contributed by atoms with Crippen molar-refractivity contribution in [2.75, 3.05) is 43.9 Å². The molecule has 0 radical (unpaired) electrons. The van der Waals surface area contributed by atoms with Crippen molar-refractivity contribution in [3.63, 3.8) is 0 Å². The summed E-state index contributed by atoms with van der Waals surface area (Å²) < 4.78 is 1.74. The number of anilines is 2. The first-order valence-corrected chi connectivity index (χ1v) is 5.78. The molecule has 1 aliphatic rings. The smallest absolute Gasteiger partial charge is 0.240 e. The Morgan fingerprint density at radius 2 is 1.94 bits per heavy atom. The van der Waals surface area contributed by atoms with Crippen molar-refractivity contribution in [1.29, 1.82) is 0 Å². The maximum absolute atomic E-state index is 5.57. The summed E-state index contributed by atoms with van der Waals surface area (Å²) in [6.07, 6.45) is 1.99. The van der Waals surface area contributed by atoms with Gasteiger partial charge in [-0.2, -0.15) is 4.98 Å². The molecule has 0 aromatic carbocycles. The normalized spacial score (nSPS) is 17.8. The molecule has 1 saturated heterocycles. The van der Waals surface area contributed by atoms with Gasteiger partial charge in [0.1, 0.15) is 0 Å². The van der Waals surface area contributed by atoms with Gasteiger partial charge in [-0.1, -0.05) is 0 Å². The maximum atomic E-state index is 5.57. The third kappa shape index (κ3) is 1.91. The lowest BCUT2D eigenvalue weighted by atomic mass is 10.3. The van der Waals surface area contributed by atoms with Crippen LogP contribution in [0.25, 0.3) is 5.65 Å². The molecule has 0 bridgehead atoms. The first kappa shape index (κ1) is 10.3. The van der Waals surface area contributed by atoms with Crippen molar-refractivity contribution < 1.29 is 0 Å². The SMILES string of the molecule is CN1CCN(c2ccc3nc(N)nn3c2)CC1. The fourth-order valence-corrected chi connectivity index (χ4v) is 2.14. The summed E-state index contributed by atoms with van der Waals surface area (Å²) in [7, 11) is 2.15. The quantitative estimate of drug-likeness (QED) is 0.753. The topological polar surface area (TPSA) is 62.7 Å². The summed E-state index contributed by atoms with van der Waals surface area (Å²) in [4.78, 5) is 8.81. The molecule has 0 saturated carbocycles. The van der Waals surface area contributed by atoms with Crippen molar-refractivity contribution in [2.45, 2.75) is 0 Å². The van der Waals surface area contributed by atoms with Crippen LogP contribution in [0, 0.1) is 0 Å². The van der Waals surface area contributed by atoms with Gasteiger partial charge in [0.25, 0.3) is 0 Å². The number of nitrogen functional groups attached to an aromatic ring is 1. The summed E-state index contributed by atoms with van der Waals surface area (Å²) >= 11 is 0. The third-order valence-corrected chi connectivity index (χ3v) is 3.20. The molecule has 2 aromatic rings. The monoisotopic (exact) mass is 232 g/mol. The van der Waals surface area contributed by atoms with E-state index in [1.54, 1.807) is 4.52 Å². The van der Waals surface area contributed by atoms with E-state index >= 15 is 0 Å². The predicted octanol–water partition coefficient (Wildman–Crippen LogP) is 0.0633. The molecule has 2 N–H and O–H groups in total. The average Bonchev–Trinajstić information content (AvgIpc) is 2.69.